The molecule has 1 atom stereocenters. The van der Waals surface area contributed by atoms with E-state index in [2.05, 4.69) is 5.32 Å². The molecule has 0 unspecified atom stereocenters. The number of hydrogen-bond donors (Lipinski definition) is 1. The highest BCUT2D eigenvalue weighted by Crippen LogP contribution is 2.21. The number of rotatable bonds is 6. The first-order valence-electron chi connectivity index (χ1n) is 7.27. The third kappa shape index (κ3) is 4.86. The van der Waals surface area contributed by atoms with Gasteiger partial charge < -0.3 is 10.1 Å². The molecule has 0 aliphatic carbocycles. The van der Waals surface area contributed by atoms with Crippen LogP contribution in [0.1, 0.15) is 22.8 Å². The van der Waals surface area contributed by atoms with E-state index < -0.39 is 12.1 Å². The molecule has 2 rings (SSSR count). The lowest BCUT2D eigenvalue weighted by Gasteiger charge is -2.14. The van der Waals surface area contributed by atoms with Crippen molar-refractivity contribution in [3.8, 4) is 0 Å². The summed E-state index contributed by atoms with van der Waals surface area (Å²) in [6.45, 7) is 1.98. The number of amides is 1. The number of nitrogens with one attached hydrogen (secondary N) is 1. The normalized spacial score (nSPS) is 11.6. The van der Waals surface area contributed by atoms with Crippen molar-refractivity contribution in [3.63, 3.8) is 0 Å². The maximum atomic E-state index is 12.2. The largest absolute Gasteiger partial charge is 0.449 e. The van der Waals surface area contributed by atoms with Gasteiger partial charge in [0.25, 0.3) is 5.91 Å². The number of benzene rings is 2. The number of ether oxygens (including phenoxy) is 1. The fourth-order valence-corrected chi connectivity index (χ4v) is 2.61. The molecule has 1 N–H and O–H groups in total. The van der Waals surface area contributed by atoms with Gasteiger partial charge in [-0.2, -0.15) is 0 Å². The molecule has 0 aliphatic rings. The van der Waals surface area contributed by atoms with Crippen molar-refractivity contribution in [1.82, 2.24) is 5.32 Å². The van der Waals surface area contributed by atoms with Crippen molar-refractivity contribution in [2.24, 2.45) is 0 Å². The van der Waals surface area contributed by atoms with Crippen LogP contribution in [0.5, 0.6) is 0 Å². The Morgan fingerprint density at radius 1 is 1.09 bits per heavy atom. The van der Waals surface area contributed by atoms with E-state index in [9.17, 15) is 9.59 Å². The Labute approximate surface area is 140 Å². The Balaban J connectivity index is 1.91. The highest BCUT2D eigenvalue weighted by atomic mass is 32.2. The molecule has 0 saturated heterocycles. The second-order valence-electron chi connectivity index (χ2n) is 4.95. The summed E-state index contributed by atoms with van der Waals surface area (Å²) < 4.78 is 5.26. The Kier molecular flexibility index (Phi) is 6.23. The smallest absolute Gasteiger partial charge is 0.340 e. The van der Waals surface area contributed by atoms with Crippen LogP contribution in [0.3, 0.4) is 0 Å². The molecule has 5 heteroatoms. The van der Waals surface area contributed by atoms with Crippen molar-refractivity contribution in [2.45, 2.75) is 24.5 Å². The van der Waals surface area contributed by atoms with Crippen LogP contribution < -0.4 is 5.32 Å². The minimum absolute atomic E-state index is 0.316. The van der Waals surface area contributed by atoms with E-state index in [0.717, 1.165) is 10.5 Å². The molecule has 2 aromatic rings. The topological polar surface area (TPSA) is 55.4 Å². The molecule has 0 bridgehead atoms. The Bertz CT molecular complexity index is 673. The quantitative estimate of drug-likeness (QED) is 0.653. The summed E-state index contributed by atoms with van der Waals surface area (Å²) in [5, 5.41) is 2.76. The van der Waals surface area contributed by atoms with Crippen LogP contribution in [0, 0.1) is 0 Å². The molecule has 4 nitrogen and oxygen atoms in total. The lowest BCUT2D eigenvalue weighted by molar-refractivity contribution is -0.129. The lowest BCUT2D eigenvalue weighted by atomic mass is 10.2. The van der Waals surface area contributed by atoms with Gasteiger partial charge in [-0.15, -0.1) is 11.8 Å². The van der Waals surface area contributed by atoms with Gasteiger partial charge in [0.1, 0.15) is 0 Å². The van der Waals surface area contributed by atoms with Gasteiger partial charge in [0.05, 0.1) is 5.56 Å². The Morgan fingerprint density at radius 2 is 1.74 bits per heavy atom. The number of esters is 1. The zero-order chi connectivity index (χ0) is 16.7. The van der Waals surface area contributed by atoms with Gasteiger partial charge in [0, 0.05) is 11.4 Å². The fraction of sp³-hybridized carbons (Fsp3) is 0.222. The first-order chi connectivity index (χ1) is 11.1. The summed E-state index contributed by atoms with van der Waals surface area (Å²) in [5.41, 5.74) is 1.47. The van der Waals surface area contributed by atoms with Gasteiger partial charge in [-0.25, -0.2) is 4.79 Å². The summed E-state index contributed by atoms with van der Waals surface area (Å²) in [5.74, 6) is -0.804. The van der Waals surface area contributed by atoms with E-state index in [4.69, 9.17) is 4.74 Å². The van der Waals surface area contributed by atoms with Gasteiger partial charge in [0.2, 0.25) is 0 Å². The summed E-state index contributed by atoms with van der Waals surface area (Å²) >= 11 is 1.47. The van der Waals surface area contributed by atoms with Crippen molar-refractivity contribution in [1.29, 1.82) is 0 Å². The maximum absolute atomic E-state index is 12.2. The molecule has 0 radical (unpaired) electrons. The molecule has 2 aromatic carbocycles. The highest BCUT2D eigenvalue weighted by Gasteiger charge is 2.20. The van der Waals surface area contributed by atoms with Crippen LogP contribution in [0.4, 0.5) is 0 Å². The molecule has 0 aromatic heterocycles. The zero-order valence-electron chi connectivity index (χ0n) is 13.1. The monoisotopic (exact) mass is 329 g/mol. The summed E-state index contributed by atoms with van der Waals surface area (Å²) in [4.78, 5) is 25.1. The van der Waals surface area contributed by atoms with Crippen LogP contribution in [0.25, 0.3) is 0 Å². The molecular formula is C18H19NO3S. The van der Waals surface area contributed by atoms with Crippen LogP contribution >= 0.6 is 11.8 Å². The van der Waals surface area contributed by atoms with E-state index in [0.29, 0.717) is 12.1 Å². The van der Waals surface area contributed by atoms with Crippen LogP contribution in [-0.2, 0) is 16.1 Å². The van der Waals surface area contributed by atoms with Crippen molar-refractivity contribution >= 4 is 23.6 Å². The molecule has 23 heavy (non-hydrogen) atoms. The zero-order valence-corrected chi connectivity index (χ0v) is 13.9. The number of thioether (sulfide) groups is 1. The average molecular weight is 329 g/mol. The SMILES string of the molecule is CSc1ccccc1C(=O)O[C@H](C)C(=O)NCc1ccccc1. The molecule has 0 spiro atoms. The highest BCUT2D eigenvalue weighted by molar-refractivity contribution is 7.98. The van der Waals surface area contributed by atoms with Crippen LogP contribution in [0.2, 0.25) is 0 Å². The molecule has 120 valence electrons. The van der Waals surface area contributed by atoms with Gasteiger partial charge in [-0.1, -0.05) is 42.5 Å². The minimum atomic E-state index is -0.846. The second-order valence-corrected chi connectivity index (χ2v) is 5.80. The van der Waals surface area contributed by atoms with Gasteiger partial charge >= 0.3 is 5.97 Å². The van der Waals surface area contributed by atoms with E-state index in [1.807, 2.05) is 48.7 Å². The van der Waals surface area contributed by atoms with E-state index in [-0.39, 0.29) is 5.91 Å². The minimum Gasteiger partial charge on any atom is -0.449 e. The van der Waals surface area contributed by atoms with Crippen molar-refractivity contribution in [3.05, 3.63) is 65.7 Å². The summed E-state index contributed by atoms with van der Waals surface area (Å²) in [6.07, 6.45) is 1.04. The van der Waals surface area contributed by atoms with Gasteiger partial charge in [0.15, 0.2) is 6.10 Å². The van der Waals surface area contributed by atoms with Gasteiger partial charge in [-0.05, 0) is 30.9 Å². The predicted molar refractivity (Wildman–Crippen MR) is 91.4 cm³/mol. The predicted octanol–water partition coefficient (Wildman–Crippen LogP) is 3.27. The molecule has 0 heterocycles. The average Bonchev–Trinajstić information content (AvgIpc) is 2.60. The number of carbonyl (C=O) groups is 2. The summed E-state index contributed by atoms with van der Waals surface area (Å²) in [7, 11) is 0. The lowest BCUT2D eigenvalue weighted by Crippen LogP contribution is -2.35. The molecular weight excluding hydrogens is 310 g/mol. The maximum Gasteiger partial charge on any atom is 0.340 e. The number of hydrogen-bond acceptors (Lipinski definition) is 4. The fourth-order valence-electron chi connectivity index (χ4n) is 2.02. The van der Waals surface area contributed by atoms with Crippen molar-refractivity contribution < 1.29 is 14.3 Å². The number of carbonyl (C=O) groups excluding carboxylic acids is 2. The standard InChI is InChI=1S/C18H19NO3S/c1-13(17(20)19-12-14-8-4-3-5-9-14)22-18(21)15-10-6-7-11-16(15)23-2/h3-11,13H,12H2,1-2H3,(H,19,20)/t13-/m1/s1. The second kappa shape index (κ2) is 8.39. The molecule has 0 fully saturated rings. The summed E-state index contributed by atoms with van der Waals surface area (Å²) in [6, 6.07) is 16.8. The third-order valence-electron chi connectivity index (χ3n) is 3.29. The van der Waals surface area contributed by atoms with Crippen molar-refractivity contribution in [2.75, 3.05) is 6.26 Å². The molecule has 1 amide bonds. The Hall–Kier alpha value is -2.27. The molecule has 0 saturated carbocycles. The van der Waals surface area contributed by atoms with E-state index in [1.165, 1.54) is 11.8 Å². The van der Waals surface area contributed by atoms with Crippen LogP contribution in [-0.4, -0.2) is 24.2 Å². The van der Waals surface area contributed by atoms with Gasteiger partial charge in [-0.3, -0.25) is 4.79 Å². The molecule has 0 aliphatic heterocycles. The first-order valence-corrected chi connectivity index (χ1v) is 8.50. The third-order valence-corrected chi connectivity index (χ3v) is 4.09. The first kappa shape index (κ1) is 17.1. The van der Waals surface area contributed by atoms with E-state index in [1.54, 1.807) is 19.1 Å². The Morgan fingerprint density at radius 3 is 2.43 bits per heavy atom. The van der Waals surface area contributed by atoms with E-state index >= 15 is 0 Å². The van der Waals surface area contributed by atoms with Crippen LogP contribution in [0.15, 0.2) is 59.5 Å².